The summed E-state index contributed by atoms with van der Waals surface area (Å²) in [7, 11) is -7.03. The zero-order valence-corrected chi connectivity index (χ0v) is 15.5. The molecule has 1 fully saturated rings. The topological polar surface area (TPSA) is 101 Å². The van der Waals surface area contributed by atoms with E-state index >= 15 is 0 Å². The molecule has 1 aromatic rings. The van der Waals surface area contributed by atoms with Gasteiger partial charge in [0, 0.05) is 12.6 Å². The third-order valence-electron chi connectivity index (χ3n) is 3.72. The van der Waals surface area contributed by atoms with Crippen molar-refractivity contribution < 1.29 is 21.6 Å². The summed E-state index contributed by atoms with van der Waals surface area (Å²) in [5, 5.41) is 2.66. The molecular weight excluding hydrogens is 376 g/mol. The number of carbonyl (C=O) groups excluding carboxylic acids is 1. The maximum Gasteiger partial charge on any atom is 0.245 e. The Labute approximate surface area is 147 Å². The number of likely N-dealkylation sites (N-methyl/N-ethyl adjacent to an activating group) is 1. The fraction of sp³-hybridized carbons (Fsp3) is 0.500. The van der Waals surface area contributed by atoms with Crippen molar-refractivity contribution in [3.8, 4) is 0 Å². The van der Waals surface area contributed by atoms with E-state index in [-0.39, 0.29) is 34.5 Å². The van der Waals surface area contributed by atoms with Crippen LogP contribution in [0.5, 0.6) is 0 Å². The van der Waals surface area contributed by atoms with Crippen LogP contribution in [0.15, 0.2) is 29.2 Å². The van der Waals surface area contributed by atoms with Crippen molar-refractivity contribution in [2.45, 2.75) is 24.3 Å². The first kappa shape index (κ1) is 19.2. The molecule has 2 rings (SSSR count). The first-order chi connectivity index (χ1) is 11.2. The Morgan fingerprint density at radius 3 is 2.58 bits per heavy atom. The van der Waals surface area contributed by atoms with Gasteiger partial charge in [-0.25, -0.2) is 16.8 Å². The monoisotopic (exact) mass is 394 g/mol. The molecule has 0 aliphatic carbocycles. The number of carbonyl (C=O) groups is 1. The van der Waals surface area contributed by atoms with Crippen molar-refractivity contribution in [2.24, 2.45) is 0 Å². The molecule has 0 aromatic heterocycles. The summed E-state index contributed by atoms with van der Waals surface area (Å²) in [5.41, 5.74) is 0. The van der Waals surface area contributed by atoms with E-state index in [0.29, 0.717) is 6.42 Å². The van der Waals surface area contributed by atoms with Gasteiger partial charge < -0.3 is 5.32 Å². The number of sulfonamides is 1. The van der Waals surface area contributed by atoms with E-state index in [1.54, 1.807) is 19.1 Å². The van der Waals surface area contributed by atoms with Gasteiger partial charge in [0.2, 0.25) is 15.9 Å². The van der Waals surface area contributed by atoms with Crippen LogP contribution in [0, 0.1) is 0 Å². The van der Waals surface area contributed by atoms with E-state index in [2.05, 4.69) is 5.32 Å². The Hall–Kier alpha value is -1.16. The summed E-state index contributed by atoms with van der Waals surface area (Å²) in [6.45, 7) is 1.31. The highest BCUT2D eigenvalue weighted by Crippen LogP contribution is 2.24. The second-order valence-electron chi connectivity index (χ2n) is 5.53. The Morgan fingerprint density at radius 1 is 1.38 bits per heavy atom. The van der Waals surface area contributed by atoms with Gasteiger partial charge in [-0.2, -0.15) is 4.31 Å². The quantitative estimate of drug-likeness (QED) is 0.763. The normalized spacial score (nSPS) is 20.2. The molecule has 1 atom stereocenters. The van der Waals surface area contributed by atoms with Crippen LogP contribution in [0.4, 0.5) is 0 Å². The van der Waals surface area contributed by atoms with Crippen molar-refractivity contribution in [3.05, 3.63) is 29.3 Å². The zero-order chi connectivity index (χ0) is 18.0. The van der Waals surface area contributed by atoms with Crippen molar-refractivity contribution >= 4 is 37.4 Å². The highest BCUT2D eigenvalue weighted by Gasteiger charge is 2.31. The van der Waals surface area contributed by atoms with E-state index in [1.807, 2.05) is 0 Å². The number of halogens is 1. The number of nitrogens with zero attached hydrogens (tertiary/aromatic N) is 1. The smallest absolute Gasteiger partial charge is 0.245 e. The van der Waals surface area contributed by atoms with Gasteiger partial charge in [-0.3, -0.25) is 4.79 Å². The van der Waals surface area contributed by atoms with Gasteiger partial charge >= 0.3 is 0 Å². The molecule has 1 aliphatic rings. The molecule has 1 amide bonds. The summed E-state index contributed by atoms with van der Waals surface area (Å²) < 4.78 is 49.1. The molecule has 7 nitrogen and oxygen atoms in total. The first-order valence-electron chi connectivity index (χ1n) is 7.40. The number of amides is 1. The van der Waals surface area contributed by atoms with E-state index in [9.17, 15) is 21.6 Å². The fourth-order valence-electron chi connectivity index (χ4n) is 2.50. The number of hydrogen-bond donors (Lipinski definition) is 1. The number of sulfone groups is 1. The minimum Gasteiger partial charge on any atom is -0.351 e. The molecule has 24 heavy (non-hydrogen) atoms. The van der Waals surface area contributed by atoms with E-state index < -0.39 is 31.8 Å². The molecule has 1 aromatic carbocycles. The van der Waals surface area contributed by atoms with E-state index in [4.69, 9.17) is 11.6 Å². The molecular formula is C14H19ClN2O5S2. The molecule has 134 valence electrons. The average Bonchev–Trinajstić information content (AvgIpc) is 2.83. The summed E-state index contributed by atoms with van der Waals surface area (Å²) in [6, 6.07) is 5.54. The average molecular weight is 395 g/mol. The zero-order valence-electron chi connectivity index (χ0n) is 13.1. The molecule has 0 bridgehead atoms. The Balaban J connectivity index is 2.09. The Bertz CT molecular complexity index is 823. The van der Waals surface area contributed by atoms with Crippen molar-refractivity contribution in [1.29, 1.82) is 0 Å². The predicted molar refractivity (Wildman–Crippen MR) is 91.1 cm³/mol. The van der Waals surface area contributed by atoms with Crippen LogP contribution in [0.3, 0.4) is 0 Å². The lowest BCUT2D eigenvalue weighted by molar-refractivity contribution is -0.121. The van der Waals surface area contributed by atoms with E-state index in [1.165, 1.54) is 12.1 Å². The molecule has 0 saturated carbocycles. The fourth-order valence-corrected chi connectivity index (χ4v) is 6.07. The highest BCUT2D eigenvalue weighted by atomic mass is 35.5. The predicted octanol–water partition coefficient (Wildman–Crippen LogP) is 0.654. The molecule has 1 heterocycles. The van der Waals surface area contributed by atoms with E-state index in [0.717, 1.165) is 4.31 Å². The number of rotatable bonds is 6. The SMILES string of the molecule is CCN(CC(=O)N[C@@H]1CCS(=O)(=O)C1)S(=O)(=O)c1ccccc1Cl. The number of hydrogen-bond acceptors (Lipinski definition) is 5. The molecule has 1 aliphatic heterocycles. The Morgan fingerprint density at radius 2 is 2.04 bits per heavy atom. The molecule has 0 unspecified atom stereocenters. The van der Waals surface area contributed by atoms with Crippen LogP contribution in [0.2, 0.25) is 5.02 Å². The lowest BCUT2D eigenvalue weighted by atomic mass is 10.2. The maximum absolute atomic E-state index is 12.6. The second-order valence-corrected chi connectivity index (χ2v) is 10.1. The third-order valence-corrected chi connectivity index (χ3v) is 7.91. The van der Waals surface area contributed by atoms with Crippen molar-refractivity contribution in [1.82, 2.24) is 9.62 Å². The lowest BCUT2D eigenvalue weighted by Crippen LogP contribution is -2.44. The molecule has 0 radical (unpaired) electrons. The number of nitrogens with one attached hydrogen (secondary N) is 1. The summed E-state index contributed by atoms with van der Waals surface area (Å²) in [6.07, 6.45) is 0.345. The highest BCUT2D eigenvalue weighted by molar-refractivity contribution is 7.91. The van der Waals surface area contributed by atoms with Gasteiger partial charge in [-0.05, 0) is 18.6 Å². The van der Waals surface area contributed by atoms with Crippen LogP contribution in [-0.4, -0.2) is 57.7 Å². The van der Waals surface area contributed by atoms with Gasteiger partial charge in [0.05, 0.1) is 23.1 Å². The maximum atomic E-state index is 12.6. The minimum absolute atomic E-state index is 0.0351. The van der Waals surface area contributed by atoms with Gasteiger partial charge in [0.25, 0.3) is 0 Å². The summed E-state index contributed by atoms with van der Waals surface area (Å²) in [4.78, 5) is 12.0. The molecule has 1 saturated heterocycles. The second kappa shape index (κ2) is 7.38. The van der Waals surface area contributed by atoms with Crippen LogP contribution in [-0.2, 0) is 24.7 Å². The minimum atomic E-state index is -3.91. The van der Waals surface area contributed by atoms with Crippen molar-refractivity contribution in [3.63, 3.8) is 0 Å². The van der Waals surface area contributed by atoms with Crippen LogP contribution >= 0.6 is 11.6 Å². The van der Waals surface area contributed by atoms with Gasteiger partial charge in [-0.15, -0.1) is 0 Å². The standard InChI is InChI=1S/C14H19ClN2O5S2/c1-2-17(24(21,22)13-6-4-3-5-12(13)15)9-14(18)16-11-7-8-23(19,20)10-11/h3-6,11H,2,7-10H2,1H3,(H,16,18)/t11-/m1/s1. The number of benzene rings is 1. The Kier molecular flexibility index (Phi) is 5.90. The van der Waals surface area contributed by atoms with Gasteiger partial charge in [0.1, 0.15) is 4.90 Å². The molecule has 1 N–H and O–H groups in total. The third kappa shape index (κ3) is 4.47. The molecule has 10 heteroatoms. The lowest BCUT2D eigenvalue weighted by Gasteiger charge is -2.21. The first-order valence-corrected chi connectivity index (χ1v) is 11.0. The van der Waals surface area contributed by atoms with Crippen LogP contribution in [0.25, 0.3) is 0 Å². The largest absolute Gasteiger partial charge is 0.351 e. The van der Waals surface area contributed by atoms with Crippen LogP contribution in [0.1, 0.15) is 13.3 Å². The van der Waals surface area contributed by atoms with Gasteiger partial charge in [-0.1, -0.05) is 30.7 Å². The summed E-state index contributed by atoms with van der Waals surface area (Å²) in [5.74, 6) is -0.607. The summed E-state index contributed by atoms with van der Waals surface area (Å²) >= 11 is 5.94. The van der Waals surface area contributed by atoms with Crippen molar-refractivity contribution in [2.75, 3.05) is 24.6 Å². The molecule has 0 spiro atoms. The van der Waals surface area contributed by atoms with Crippen LogP contribution < -0.4 is 5.32 Å². The van der Waals surface area contributed by atoms with Gasteiger partial charge in [0.15, 0.2) is 9.84 Å².